The third-order valence-corrected chi connectivity index (χ3v) is 4.02. The van der Waals surface area contributed by atoms with Crippen LogP contribution in [0.1, 0.15) is 30.0 Å². The minimum absolute atomic E-state index is 0.437. The van der Waals surface area contributed by atoms with Crippen molar-refractivity contribution in [3.05, 3.63) is 17.5 Å². The molecule has 1 aromatic rings. The summed E-state index contributed by atoms with van der Waals surface area (Å²) in [7, 11) is 2.00. The highest BCUT2D eigenvalue weighted by molar-refractivity contribution is 7.99. The van der Waals surface area contributed by atoms with Crippen LogP contribution in [0, 0.1) is 6.92 Å². The van der Waals surface area contributed by atoms with Crippen molar-refractivity contribution in [2.45, 2.75) is 31.7 Å². The standard InChI is InChI=1S/C10H17N3S/c1-7-4-5-14-10(12-7)9-6-11-13(3)8(9)2/h6-7,10,12H,4-5H2,1-3H3. The van der Waals surface area contributed by atoms with Crippen molar-refractivity contribution in [1.82, 2.24) is 15.1 Å². The second kappa shape index (κ2) is 3.95. The van der Waals surface area contributed by atoms with Gasteiger partial charge < -0.3 is 0 Å². The molecule has 2 atom stereocenters. The molecule has 0 spiro atoms. The first kappa shape index (κ1) is 10.1. The number of aryl methyl sites for hydroxylation is 1. The molecule has 2 rings (SSSR count). The van der Waals surface area contributed by atoms with Crippen LogP contribution in [0.4, 0.5) is 0 Å². The van der Waals surface area contributed by atoms with E-state index in [0.717, 1.165) is 0 Å². The fourth-order valence-corrected chi connectivity index (χ4v) is 3.17. The summed E-state index contributed by atoms with van der Waals surface area (Å²) in [4.78, 5) is 0. The van der Waals surface area contributed by atoms with Crippen LogP contribution in [-0.2, 0) is 7.05 Å². The number of hydrogen-bond donors (Lipinski definition) is 1. The molecule has 1 saturated heterocycles. The molecule has 1 aliphatic rings. The monoisotopic (exact) mass is 211 g/mol. The maximum atomic E-state index is 4.28. The van der Waals surface area contributed by atoms with Gasteiger partial charge in [0.15, 0.2) is 0 Å². The van der Waals surface area contributed by atoms with Crippen molar-refractivity contribution in [3.8, 4) is 0 Å². The number of thioether (sulfide) groups is 1. The predicted molar refractivity (Wildman–Crippen MR) is 60.4 cm³/mol. The van der Waals surface area contributed by atoms with Crippen molar-refractivity contribution in [3.63, 3.8) is 0 Å². The van der Waals surface area contributed by atoms with Gasteiger partial charge in [0.1, 0.15) is 0 Å². The molecular formula is C10H17N3S. The van der Waals surface area contributed by atoms with E-state index in [4.69, 9.17) is 0 Å². The Labute approximate surface area is 89.3 Å². The Balaban J connectivity index is 2.18. The lowest BCUT2D eigenvalue weighted by molar-refractivity contribution is 0.510. The van der Waals surface area contributed by atoms with Gasteiger partial charge >= 0.3 is 0 Å². The fraction of sp³-hybridized carbons (Fsp3) is 0.700. The third-order valence-electron chi connectivity index (χ3n) is 2.83. The van der Waals surface area contributed by atoms with Crippen molar-refractivity contribution >= 4 is 11.8 Å². The van der Waals surface area contributed by atoms with Crippen molar-refractivity contribution in [1.29, 1.82) is 0 Å². The first-order chi connectivity index (χ1) is 6.68. The molecule has 0 saturated carbocycles. The Morgan fingerprint density at radius 2 is 2.43 bits per heavy atom. The lowest BCUT2D eigenvalue weighted by Crippen LogP contribution is -2.33. The van der Waals surface area contributed by atoms with Gasteiger partial charge in [0.05, 0.1) is 11.6 Å². The molecule has 1 aromatic heterocycles. The largest absolute Gasteiger partial charge is 0.299 e. The van der Waals surface area contributed by atoms with Crippen LogP contribution in [0.2, 0.25) is 0 Å². The number of nitrogens with one attached hydrogen (secondary N) is 1. The van der Waals surface area contributed by atoms with Crippen LogP contribution in [-0.4, -0.2) is 21.6 Å². The average molecular weight is 211 g/mol. The van der Waals surface area contributed by atoms with Gasteiger partial charge in [-0.15, -0.1) is 11.8 Å². The lowest BCUT2D eigenvalue weighted by Gasteiger charge is -2.28. The molecule has 2 heterocycles. The van der Waals surface area contributed by atoms with Gasteiger partial charge in [-0.2, -0.15) is 5.10 Å². The van der Waals surface area contributed by atoms with E-state index in [-0.39, 0.29) is 0 Å². The van der Waals surface area contributed by atoms with Crippen molar-refractivity contribution in [2.75, 3.05) is 5.75 Å². The highest BCUT2D eigenvalue weighted by Gasteiger charge is 2.22. The zero-order valence-electron chi connectivity index (χ0n) is 8.95. The van der Waals surface area contributed by atoms with Crippen LogP contribution in [0.15, 0.2) is 6.20 Å². The van der Waals surface area contributed by atoms with Crippen molar-refractivity contribution in [2.24, 2.45) is 7.05 Å². The van der Waals surface area contributed by atoms with Crippen LogP contribution >= 0.6 is 11.8 Å². The van der Waals surface area contributed by atoms with Crippen LogP contribution in [0.3, 0.4) is 0 Å². The highest BCUT2D eigenvalue weighted by Crippen LogP contribution is 2.32. The molecule has 3 nitrogen and oxygen atoms in total. The van der Waals surface area contributed by atoms with Crippen LogP contribution in [0.5, 0.6) is 0 Å². The molecule has 0 aliphatic carbocycles. The van der Waals surface area contributed by atoms with E-state index in [1.807, 2.05) is 29.7 Å². The Hall–Kier alpha value is -0.480. The molecule has 0 radical (unpaired) electrons. The first-order valence-corrected chi connectivity index (χ1v) is 6.09. The number of hydrogen-bond acceptors (Lipinski definition) is 3. The van der Waals surface area contributed by atoms with E-state index in [2.05, 4.69) is 24.3 Å². The molecule has 14 heavy (non-hydrogen) atoms. The summed E-state index contributed by atoms with van der Waals surface area (Å²) in [6, 6.07) is 0.626. The summed E-state index contributed by atoms with van der Waals surface area (Å²) >= 11 is 1.98. The molecule has 1 N–H and O–H groups in total. The van der Waals surface area contributed by atoms with E-state index >= 15 is 0 Å². The van der Waals surface area contributed by atoms with E-state index in [1.165, 1.54) is 23.4 Å². The summed E-state index contributed by atoms with van der Waals surface area (Å²) < 4.78 is 1.94. The van der Waals surface area contributed by atoms with Gasteiger partial charge in [0.2, 0.25) is 0 Å². The maximum absolute atomic E-state index is 4.28. The normalized spacial score (nSPS) is 27.9. The molecule has 0 bridgehead atoms. The number of rotatable bonds is 1. The van der Waals surface area contributed by atoms with E-state index in [0.29, 0.717) is 11.4 Å². The number of aromatic nitrogens is 2. The van der Waals surface area contributed by atoms with E-state index in [1.54, 1.807) is 0 Å². The Kier molecular flexibility index (Phi) is 2.83. The summed E-state index contributed by atoms with van der Waals surface area (Å²) in [6.45, 7) is 4.38. The highest BCUT2D eigenvalue weighted by atomic mass is 32.2. The molecule has 1 fully saturated rings. The maximum Gasteiger partial charge on any atom is 0.0824 e. The fourth-order valence-electron chi connectivity index (χ4n) is 1.71. The summed E-state index contributed by atoms with van der Waals surface area (Å²) in [5, 5.41) is 8.31. The van der Waals surface area contributed by atoms with E-state index < -0.39 is 0 Å². The average Bonchev–Trinajstić information content (AvgIpc) is 2.48. The quantitative estimate of drug-likeness (QED) is 0.768. The minimum atomic E-state index is 0.437. The number of nitrogens with zero attached hydrogens (tertiary/aromatic N) is 2. The molecule has 78 valence electrons. The zero-order chi connectivity index (χ0) is 10.1. The van der Waals surface area contributed by atoms with Gasteiger partial charge in [0, 0.05) is 24.3 Å². The molecule has 2 unspecified atom stereocenters. The third kappa shape index (κ3) is 1.81. The first-order valence-electron chi connectivity index (χ1n) is 5.04. The molecular weight excluding hydrogens is 194 g/mol. The van der Waals surface area contributed by atoms with E-state index in [9.17, 15) is 0 Å². The Bertz CT molecular complexity index is 321. The Morgan fingerprint density at radius 1 is 1.64 bits per heavy atom. The lowest BCUT2D eigenvalue weighted by atomic mass is 10.2. The summed E-state index contributed by atoms with van der Waals surface area (Å²) in [5.41, 5.74) is 2.60. The minimum Gasteiger partial charge on any atom is -0.299 e. The van der Waals surface area contributed by atoms with Gasteiger partial charge in [-0.05, 0) is 26.0 Å². The second-order valence-electron chi connectivity index (χ2n) is 3.92. The SMILES string of the molecule is Cc1c(C2NC(C)CCS2)cnn1C. The smallest absolute Gasteiger partial charge is 0.0824 e. The van der Waals surface area contributed by atoms with Crippen LogP contribution < -0.4 is 5.32 Å². The van der Waals surface area contributed by atoms with Crippen molar-refractivity contribution < 1.29 is 0 Å². The summed E-state index contributed by atoms with van der Waals surface area (Å²) in [6.07, 6.45) is 3.25. The Morgan fingerprint density at radius 3 is 3.00 bits per heavy atom. The molecule has 1 aliphatic heterocycles. The topological polar surface area (TPSA) is 29.9 Å². The van der Waals surface area contributed by atoms with Gasteiger partial charge in [-0.1, -0.05) is 0 Å². The summed E-state index contributed by atoms with van der Waals surface area (Å²) in [5.74, 6) is 1.24. The van der Waals surface area contributed by atoms with Crippen LogP contribution in [0.25, 0.3) is 0 Å². The van der Waals surface area contributed by atoms with Gasteiger partial charge in [-0.25, -0.2) is 0 Å². The van der Waals surface area contributed by atoms with Gasteiger partial charge in [-0.3, -0.25) is 10.00 Å². The zero-order valence-corrected chi connectivity index (χ0v) is 9.77. The second-order valence-corrected chi connectivity index (χ2v) is 5.13. The molecule has 0 aromatic carbocycles. The molecule has 4 heteroatoms. The van der Waals surface area contributed by atoms with Gasteiger partial charge in [0.25, 0.3) is 0 Å². The molecule has 0 amide bonds. The predicted octanol–water partition coefficient (Wildman–Crippen LogP) is 1.84.